The van der Waals surface area contributed by atoms with Crippen LogP contribution in [0.3, 0.4) is 0 Å². The fraction of sp³-hybridized carbons (Fsp3) is 0.0952. The van der Waals surface area contributed by atoms with E-state index in [9.17, 15) is 8.42 Å². The molecule has 0 saturated carbocycles. The van der Waals surface area contributed by atoms with Gasteiger partial charge in [-0.2, -0.15) is 0 Å². The van der Waals surface area contributed by atoms with Crippen molar-refractivity contribution >= 4 is 44.4 Å². The summed E-state index contributed by atoms with van der Waals surface area (Å²) in [5.74, 6) is 0. The first-order chi connectivity index (χ1) is 13.3. The topological polar surface area (TPSA) is 70.2 Å². The van der Waals surface area contributed by atoms with Gasteiger partial charge in [0, 0.05) is 17.1 Å². The van der Waals surface area contributed by atoms with Crippen LogP contribution in [-0.2, 0) is 10.0 Å². The van der Waals surface area contributed by atoms with Gasteiger partial charge in [0.2, 0.25) is 0 Å². The number of nitrogens with one attached hydrogen (secondary N) is 3. The maximum absolute atomic E-state index is 12.4. The lowest BCUT2D eigenvalue weighted by Crippen LogP contribution is -2.19. The quantitative estimate of drug-likeness (QED) is 0.520. The summed E-state index contributed by atoms with van der Waals surface area (Å²) in [6.45, 7) is 3.93. The van der Waals surface area contributed by atoms with E-state index in [4.69, 9.17) is 12.2 Å². The molecule has 0 heterocycles. The molecule has 0 aliphatic rings. The first-order valence-corrected chi connectivity index (χ1v) is 10.6. The summed E-state index contributed by atoms with van der Waals surface area (Å²) in [5, 5.41) is 6.64. The fourth-order valence-electron chi connectivity index (χ4n) is 2.48. The van der Waals surface area contributed by atoms with E-state index < -0.39 is 10.0 Å². The van der Waals surface area contributed by atoms with Gasteiger partial charge in [0.1, 0.15) is 0 Å². The predicted octanol–water partition coefficient (Wildman–Crippen LogP) is 4.91. The first kappa shape index (κ1) is 19.9. The molecule has 0 unspecified atom stereocenters. The summed E-state index contributed by atoms with van der Waals surface area (Å²) < 4.78 is 27.5. The van der Waals surface area contributed by atoms with Crippen LogP contribution < -0.4 is 15.4 Å². The standard InChI is InChI=1S/C21H21N3O2S2/c1-15-3-7-17(8-4-15)22-21(27)23-18-9-11-19(12-10-18)24-28(25,26)20-13-5-16(2)6-14-20/h3-14,24H,1-2H3,(H2,22,23,27). The molecule has 28 heavy (non-hydrogen) atoms. The number of benzene rings is 3. The van der Waals surface area contributed by atoms with Crippen molar-refractivity contribution in [2.45, 2.75) is 18.7 Å². The largest absolute Gasteiger partial charge is 0.332 e. The molecular weight excluding hydrogens is 390 g/mol. The summed E-state index contributed by atoms with van der Waals surface area (Å²) in [7, 11) is -3.62. The Bertz CT molecular complexity index is 1060. The van der Waals surface area contributed by atoms with Crippen molar-refractivity contribution in [3.63, 3.8) is 0 Å². The number of hydrogen-bond acceptors (Lipinski definition) is 3. The Morgan fingerprint density at radius 3 is 1.57 bits per heavy atom. The van der Waals surface area contributed by atoms with Gasteiger partial charge in [-0.15, -0.1) is 0 Å². The summed E-state index contributed by atoms with van der Waals surface area (Å²) in [6, 6.07) is 21.5. The van der Waals surface area contributed by atoms with Gasteiger partial charge in [0.15, 0.2) is 5.11 Å². The third-order valence-electron chi connectivity index (χ3n) is 4.04. The average Bonchev–Trinajstić information content (AvgIpc) is 2.65. The summed E-state index contributed by atoms with van der Waals surface area (Å²) in [5.41, 5.74) is 4.30. The summed E-state index contributed by atoms with van der Waals surface area (Å²) in [4.78, 5) is 0.226. The predicted molar refractivity (Wildman–Crippen MR) is 119 cm³/mol. The van der Waals surface area contributed by atoms with Gasteiger partial charge in [0.05, 0.1) is 4.90 Å². The Hall–Kier alpha value is -2.90. The van der Waals surface area contributed by atoms with Crippen LogP contribution in [0.1, 0.15) is 11.1 Å². The zero-order chi connectivity index (χ0) is 20.1. The fourth-order valence-corrected chi connectivity index (χ4v) is 3.78. The monoisotopic (exact) mass is 411 g/mol. The lowest BCUT2D eigenvalue weighted by atomic mass is 10.2. The molecule has 3 aromatic rings. The smallest absolute Gasteiger partial charge is 0.261 e. The zero-order valence-electron chi connectivity index (χ0n) is 15.6. The van der Waals surface area contributed by atoms with Crippen LogP contribution in [0.2, 0.25) is 0 Å². The van der Waals surface area contributed by atoms with Crippen molar-refractivity contribution in [3.8, 4) is 0 Å². The average molecular weight is 412 g/mol. The molecule has 0 aliphatic carbocycles. The van der Waals surface area contributed by atoms with E-state index in [1.807, 2.05) is 38.1 Å². The minimum atomic E-state index is -3.62. The van der Waals surface area contributed by atoms with E-state index in [0.29, 0.717) is 10.8 Å². The molecule has 3 rings (SSSR count). The second kappa shape index (κ2) is 8.41. The van der Waals surface area contributed by atoms with Crippen molar-refractivity contribution in [2.24, 2.45) is 0 Å². The Balaban J connectivity index is 1.62. The second-order valence-electron chi connectivity index (χ2n) is 6.44. The molecule has 0 atom stereocenters. The molecule has 0 amide bonds. The molecule has 144 valence electrons. The highest BCUT2D eigenvalue weighted by atomic mass is 32.2. The molecule has 0 saturated heterocycles. The molecule has 0 radical (unpaired) electrons. The summed E-state index contributed by atoms with van der Waals surface area (Å²) >= 11 is 5.31. The molecule has 3 N–H and O–H groups in total. The maximum atomic E-state index is 12.4. The highest BCUT2D eigenvalue weighted by Crippen LogP contribution is 2.19. The molecule has 5 nitrogen and oxygen atoms in total. The molecule has 0 bridgehead atoms. The van der Waals surface area contributed by atoms with Gasteiger partial charge < -0.3 is 10.6 Å². The van der Waals surface area contributed by atoms with E-state index in [-0.39, 0.29) is 4.90 Å². The van der Waals surface area contributed by atoms with Crippen LogP contribution in [0.4, 0.5) is 17.1 Å². The number of sulfonamides is 1. The van der Waals surface area contributed by atoms with Crippen LogP contribution >= 0.6 is 12.2 Å². The Morgan fingerprint density at radius 2 is 1.07 bits per heavy atom. The Labute approximate surface area is 170 Å². The number of anilines is 3. The molecule has 0 aliphatic heterocycles. The van der Waals surface area contributed by atoms with Gasteiger partial charge in [-0.05, 0) is 74.6 Å². The van der Waals surface area contributed by atoms with Crippen molar-refractivity contribution in [2.75, 3.05) is 15.4 Å². The number of aryl methyl sites for hydroxylation is 2. The minimum Gasteiger partial charge on any atom is -0.332 e. The second-order valence-corrected chi connectivity index (χ2v) is 8.53. The van der Waals surface area contributed by atoms with Gasteiger partial charge in [-0.3, -0.25) is 4.72 Å². The van der Waals surface area contributed by atoms with Crippen molar-refractivity contribution in [1.29, 1.82) is 0 Å². The third kappa shape index (κ3) is 5.31. The van der Waals surface area contributed by atoms with Gasteiger partial charge in [-0.1, -0.05) is 35.4 Å². The molecule has 0 spiro atoms. The highest BCUT2D eigenvalue weighted by molar-refractivity contribution is 7.92. The molecule has 7 heteroatoms. The van der Waals surface area contributed by atoms with Gasteiger partial charge in [0.25, 0.3) is 10.0 Å². The zero-order valence-corrected chi connectivity index (χ0v) is 17.2. The van der Waals surface area contributed by atoms with E-state index in [0.717, 1.165) is 16.9 Å². The van der Waals surface area contributed by atoms with E-state index >= 15 is 0 Å². The van der Waals surface area contributed by atoms with Crippen molar-refractivity contribution in [1.82, 2.24) is 0 Å². The van der Waals surface area contributed by atoms with Crippen LogP contribution in [0.15, 0.2) is 77.7 Å². The van der Waals surface area contributed by atoms with Crippen molar-refractivity contribution < 1.29 is 8.42 Å². The number of thiocarbonyl (C=S) groups is 1. The number of rotatable bonds is 5. The molecule has 0 fully saturated rings. The van der Waals surface area contributed by atoms with Crippen LogP contribution in [-0.4, -0.2) is 13.5 Å². The molecule has 3 aromatic carbocycles. The molecule has 0 aromatic heterocycles. The lowest BCUT2D eigenvalue weighted by Gasteiger charge is -2.12. The van der Waals surface area contributed by atoms with Gasteiger partial charge in [-0.25, -0.2) is 8.42 Å². The number of hydrogen-bond donors (Lipinski definition) is 3. The van der Waals surface area contributed by atoms with E-state index in [2.05, 4.69) is 15.4 Å². The third-order valence-corrected chi connectivity index (χ3v) is 5.64. The molecular formula is C21H21N3O2S2. The summed E-state index contributed by atoms with van der Waals surface area (Å²) in [6.07, 6.45) is 0. The van der Waals surface area contributed by atoms with Crippen LogP contribution in [0.25, 0.3) is 0 Å². The van der Waals surface area contributed by atoms with Crippen LogP contribution in [0, 0.1) is 13.8 Å². The minimum absolute atomic E-state index is 0.226. The van der Waals surface area contributed by atoms with Crippen LogP contribution in [0.5, 0.6) is 0 Å². The first-order valence-electron chi connectivity index (χ1n) is 8.66. The highest BCUT2D eigenvalue weighted by Gasteiger charge is 2.13. The van der Waals surface area contributed by atoms with E-state index in [1.54, 1.807) is 48.5 Å². The van der Waals surface area contributed by atoms with E-state index in [1.165, 1.54) is 5.56 Å². The normalized spacial score (nSPS) is 10.9. The van der Waals surface area contributed by atoms with Crippen molar-refractivity contribution in [3.05, 3.63) is 83.9 Å². The Morgan fingerprint density at radius 1 is 0.679 bits per heavy atom. The maximum Gasteiger partial charge on any atom is 0.261 e. The van der Waals surface area contributed by atoms with Gasteiger partial charge >= 0.3 is 0 Å². The SMILES string of the molecule is Cc1ccc(NC(=S)Nc2ccc(NS(=O)(=O)c3ccc(C)cc3)cc2)cc1. The lowest BCUT2D eigenvalue weighted by molar-refractivity contribution is 0.601. The Kier molecular flexibility index (Phi) is 5.96.